The number of carbonyl (C=O) groups excluding carboxylic acids is 3. The summed E-state index contributed by atoms with van der Waals surface area (Å²) in [6.07, 6.45) is -3.22. The molecule has 11 heteroatoms. The van der Waals surface area contributed by atoms with Gasteiger partial charge in [0.05, 0.1) is 29.2 Å². The van der Waals surface area contributed by atoms with Gasteiger partial charge in [0.25, 0.3) is 0 Å². The molecule has 1 unspecified atom stereocenters. The number of ether oxygens (including phenoxy) is 2. The van der Waals surface area contributed by atoms with Crippen LogP contribution >= 0.6 is 0 Å². The number of fused-ring (bicyclic) bond motifs is 1. The molecule has 0 radical (unpaired) electrons. The third kappa shape index (κ3) is 4.35. The number of oxime groups is 1. The van der Waals surface area contributed by atoms with Gasteiger partial charge in [-0.1, -0.05) is 23.4 Å². The molecule has 0 aliphatic carbocycles. The summed E-state index contributed by atoms with van der Waals surface area (Å²) in [7, 11) is 0. The molecule has 0 saturated heterocycles. The van der Waals surface area contributed by atoms with E-state index in [1.165, 1.54) is 0 Å². The highest BCUT2D eigenvalue weighted by Crippen LogP contribution is 2.29. The van der Waals surface area contributed by atoms with Crippen molar-refractivity contribution in [2.45, 2.75) is 12.3 Å². The molecule has 2 rings (SSSR count). The van der Waals surface area contributed by atoms with Gasteiger partial charge >= 0.3 is 18.2 Å². The third-order valence-corrected chi connectivity index (χ3v) is 3.30. The van der Waals surface area contributed by atoms with Crippen LogP contribution in [0.5, 0.6) is 0 Å². The van der Waals surface area contributed by atoms with E-state index in [0.29, 0.717) is 10.9 Å². The van der Waals surface area contributed by atoms with Crippen molar-refractivity contribution in [1.82, 2.24) is 4.98 Å². The summed E-state index contributed by atoms with van der Waals surface area (Å²) in [6, 6.07) is 8.53. The lowest BCUT2D eigenvalue weighted by Crippen LogP contribution is -2.28. The van der Waals surface area contributed by atoms with Gasteiger partial charge < -0.3 is 31.9 Å². The van der Waals surface area contributed by atoms with Crippen LogP contribution in [-0.4, -0.2) is 34.2 Å². The normalized spacial score (nSPS) is 12.4. The van der Waals surface area contributed by atoms with E-state index in [2.05, 4.69) is 19.6 Å². The van der Waals surface area contributed by atoms with Crippen molar-refractivity contribution in [3.05, 3.63) is 36.0 Å². The highest BCUT2D eigenvalue weighted by atomic mass is 16.6. The summed E-state index contributed by atoms with van der Waals surface area (Å²) < 4.78 is 8.86. The Balaban J connectivity index is 2.51. The third-order valence-electron chi connectivity index (χ3n) is 3.30. The van der Waals surface area contributed by atoms with Crippen LogP contribution in [0.25, 0.3) is 10.9 Å². The molecule has 0 bridgehead atoms. The summed E-state index contributed by atoms with van der Waals surface area (Å²) in [4.78, 5) is 37.9. The van der Waals surface area contributed by atoms with Crippen LogP contribution in [0.1, 0.15) is 18.0 Å². The smallest absolute Gasteiger partial charge is 0.408 e. The van der Waals surface area contributed by atoms with E-state index < -0.39 is 36.4 Å². The highest BCUT2D eigenvalue weighted by molar-refractivity contribution is 5.96. The molecule has 2 amide bonds. The molecule has 0 spiro atoms. The molecule has 1 heterocycles. The minimum Gasteiger partial charge on any atom is -0.408 e. The lowest BCUT2D eigenvalue weighted by Gasteiger charge is -2.18. The van der Waals surface area contributed by atoms with E-state index in [1.54, 1.807) is 30.3 Å². The Morgan fingerprint density at radius 2 is 1.81 bits per heavy atom. The number of nitrogens with zero attached hydrogens (tertiary/aromatic N) is 2. The SMILES string of the molecule is NC(=O)OC(=O)CC(/C(=N/O)OC(N)=O)c1nc2ccccc2cc1N. The molecule has 0 saturated carbocycles. The molecular formula is C15H15N5O6. The van der Waals surface area contributed by atoms with E-state index in [0.717, 1.165) is 0 Å². The summed E-state index contributed by atoms with van der Waals surface area (Å²) >= 11 is 0. The first-order valence-electron chi connectivity index (χ1n) is 7.16. The molecule has 0 fully saturated rings. The Morgan fingerprint density at radius 3 is 2.42 bits per heavy atom. The maximum atomic E-state index is 11.8. The molecule has 26 heavy (non-hydrogen) atoms. The first-order chi connectivity index (χ1) is 12.3. The number of hydrogen-bond acceptors (Lipinski definition) is 9. The number of hydrogen-bond donors (Lipinski definition) is 4. The lowest BCUT2D eigenvalue weighted by atomic mass is 9.98. The summed E-state index contributed by atoms with van der Waals surface area (Å²) in [6.45, 7) is 0. The number of esters is 1. The summed E-state index contributed by atoms with van der Waals surface area (Å²) in [5.41, 5.74) is 16.4. The maximum Gasteiger partial charge on any atom is 0.412 e. The fraction of sp³-hybridized carbons (Fsp3) is 0.133. The Labute approximate surface area is 146 Å². The van der Waals surface area contributed by atoms with Gasteiger partial charge in [-0.25, -0.2) is 14.6 Å². The van der Waals surface area contributed by atoms with Gasteiger partial charge in [0.15, 0.2) is 0 Å². The van der Waals surface area contributed by atoms with Crippen LogP contribution in [0.4, 0.5) is 15.3 Å². The van der Waals surface area contributed by atoms with Crippen molar-refractivity contribution >= 4 is 40.6 Å². The van der Waals surface area contributed by atoms with Gasteiger partial charge in [0.1, 0.15) is 0 Å². The fourth-order valence-electron chi connectivity index (χ4n) is 2.31. The van der Waals surface area contributed by atoms with Crippen LogP contribution in [0, 0.1) is 0 Å². The number of anilines is 1. The van der Waals surface area contributed by atoms with Crippen LogP contribution in [0.2, 0.25) is 0 Å². The Morgan fingerprint density at radius 1 is 1.15 bits per heavy atom. The zero-order valence-electron chi connectivity index (χ0n) is 13.3. The fourth-order valence-corrected chi connectivity index (χ4v) is 2.31. The molecule has 0 aliphatic rings. The van der Waals surface area contributed by atoms with E-state index in [9.17, 15) is 14.4 Å². The number of nitrogens with two attached hydrogens (primary N) is 3. The number of primary amides is 2. The van der Waals surface area contributed by atoms with Gasteiger partial charge in [-0.2, -0.15) is 0 Å². The maximum absolute atomic E-state index is 11.8. The Hall–Kier alpha value is -3.89. The number of benzene rings is 1. The second-order valence-corrected chi connectivity index (χ2v) is 5.06. The molecule has 7 N–H and O–H groups in total. The van der Waals surface area contributed by atoms with E-state index in [4.69, 9.17) is 22.4 Å². The Kier molecular flexibility index (Phi) is 5.53. The van der Waals surface area contributed by atoms with Crippen LogP contribution in [0.15, 0.2) is 35.5 Å². The second kappa shape index (κ2) is 7.79. The molecule has 2 aromatic rings. The van der Waals surface area contributed by atoms with Crippen molar-refractivity contribution < 1.29 is 29.1 Å². The highest BCUT2D eigenvalue weighted by Gasteiger charge is 2.30. The number of pyridine rings is 1. The van der Waals surface area contributed by atoms with E-state index in [1.807, 2.05) is 0 Å². The zero-order valence-corrected chi connectivity index (χ0v) is 13.3. The van der Waals surface area contributed by atoms with Crippen molar-refractivity contribution in [3.63, 3.8) is 0 Å². The van der Waals surface area contributed by atoms with Gasteiger partial charge in [-0.05, 0) is 12.1 Å². The van der Waals surface area contributed by atoms with Crippen LogP contribution in [-0.2, 0) is 14.3 Å². The molecule has 11 nitrogen and oxygen atoms in total. The molecule has 1 aromatic heterocycles. The van der Waals surface area contributed by atoms with Gasteiger partial charge in [0.2, 0.25) is 5.90 Å². The van der Waals surface area contributed by atoms with E-state index >= 15 is 0 Å². The van der Waals surface area contributed by atoms with Crippen molar-refractivity contribution in [2.24, 2.45) is 16.6 Å². The molecule has 1 aromatic carbocycles. The zero-order chi connectivity index (χ0) is 19.3. The standard InChI is InChI=1S/C15H15N5O6/c16-9-5-7-3-1-2-4-10(7)19-12(9)8(6-11(21)25-14(17)22)13(20-24)26-15(18)23/h1-5,8,24H,6,16H2,(H2,17,22)(H2,18,23)/b20-13-. The van der Waals surface area contributed by atoms with Gasteiger partial charge in [-0.15, -0.1) is 0 Å². The molecule has 0 aliphatic heterocycles. The average Bonchev–Trinajstić information content (AvgIpc) is 2.56. The van der Waals surface area contributed by atoms with Crippen molar-refractivity contribution in [1.29, 1.82) is 0 Å². The Bertz CT molecular complexity index is 897. The number of rotatable bonds is 4. The first kappa shape index (κ1) is 18.4. The molecule has 136 valence electrons. The summed E-state index contributed by atoms with van der Waals surface area (Å²) in [5, 5.41) is 12.7. The minimum absolute atomic E-state index is 0.0548. The minimum atomic E-state index is -1.33. The van der Waals surface area contributed by atoms with E-state index in [-0.39, 0.29) is 11.4 Å². The lowest BCUT2D eigenvalue weighted by molar-refractivity contribution is -0.137. The second-order valence-electron chi connectivity index (χ2n) is 5.06. The van der Waals surface area contributed by atoms with Gasteiger partial charge in [-0.3, -0.25) is 4.79 Å². The number of nitrogen functional groups attached to an aromatic ring is 1. The number of para-hydroxylation sites is 1. The van der Waals surface area contributed by atoms with Gasteiger partial charge in [0, 0.05) is 5.39 Å². The number of carbonyl (C=O) groups is 3. The number of amides is 2. The average molecular weight is 361 g/mol. The number of aromatic nitrogens is 1. The summed E-state index contributed by atoms with van der Waals surface area (Å²) in [5.74, 6) is -2.98. The largest absolute Gasteiger partial charge is 0.412 e. The van der Waals surface area contributed by atoms with Crippen molar-refractivity contribution in [3.8, 4) is 0 Å². The van der Waals surface area contributed by atoms with Crippen LogP contribution in [0.3, 0.4) is 0 Å². The predicted molar refractivity (Wildman–Crippen MR) is 89.1 cm³/mol. The molecular weight excluding hydrogens is 346 g/mol. The van der Waals surface area contributed by atoms with Crippen LogP contribution < -0.4 is 17.2 Å². The quantitative estimate of drug-likeness (QED) is 0.153. The predicted octanol–water partition coefficient (Wildman–Crippen LogP) is 0.796. The first-order valence-corrected chi connectivity index (χ1v) is 7.16. The van der Waals surface area contributed by atoms with Crippen molar-refractivity contribution in [2.75, 3.05) is 5.73 Å². The monoisotopic (exact) mass is 361 g/mol. The molecule has 1 atom stereocenters. The topological polar surface area (TPSA) is 193 Å².